The zero-order valence-electron chi connectivity index (χ0n) is 18.2. The van der Waals surface area contributed by atoms with Crippen molar-refractivity contribution in [2.24, 2.45) is 10.7 Å². The van der Waals surface area contributed by atoms with Gasteiger partial charge in [0, 0.05) is 19.4 Å². The van der Waals surface area contributed by atoms with E-state index in [0.29, 0.717) is 18.9 Å². The summed E-state index contributed by atoms with van der Waals surface area (Å²) in [6.45, 7) is 2.31. The van der Waals surface area contributed by atoms with Gasteiger partial charge in [0.2, 0.25) is 5.91 Å². The van der Waals surface area contributed by atoms with Gasteiger partial charge in [-0.2, -0.15) is 13.2 Å². The number of hydrogen-bond donors (Lipinski definition) is 2. The molecule has 14 heteroatoms. The first-order valence-electron chi connectivity index (χ1n) is 10.0. The predicted molar refractivity (Wildman–Crippen MR) is 119 cm³/mol. The molecular formula is C20H24F4N6O3S. The van der Waals surface area contributed by atoms with Crippen LogP contribution in [0.2, 0.25) is 0 Å². The molecule has 0 spiro atoms. The van der Waals surface area contributed by atoms with E-state index in [1.807, 2.05) is 0 Å². The van der Waals surface area contributed by atoms with Crippen LogP contribution in [0.5, 0.6) is 0 Å². The molecule has 0 bridgehead atoms. The fourth-order valence-corrected chi connectivity index (χ4v) is 5.27. The van der Waals surface area contributed by atoms with E-state index in [4.69, 9.17) is 5.73 Å². The molecule has 3 N–H and O–H groups in total. The van der Waals surface area contributed by atoms with Crippen molar-refractivity contribution in [1.29, 1.82) is 0 Å². The van der Waals surface area contributed by atoms with Crippen LogP contribution in [-0.4, -0.2) is 53.0 Å². The van der Waals surface area contributed by atoms with Crippen molar-refractivity contribution in [1.82, 2.24) is 14.5 Å². The van der Waals surface area contributed by atoms with Crippen molar-refractivity contribution >= 4 is 27.1 Å². The SMILES string of the molecule is CC(/C=C(\N)C(F)(F)F)=NCC(=O)Nc1cnc(-n2cnc(C3(C)CCCS3(=O)=O)c2)c(F)c1.[HH]. The molecule has 3 heterocycles. The van der Waals surface area contributed by atoms with Crippen molar-refractivity contribution in [3.63, 3.8) is 0 Å². The number of pyridine rings is 1. The molecule has 1 saturated heterocycles. The summed E-state index contributed by atoms with van der Waals surface area (Å²) in [6, 6.07) is 0.992. The second-order valence-corrected chi connectivity index (χ2v) is 10.5. The van der Waals surface area contributed by atoms with Crippen molar-refractivity contribution in [2.75, 3.05) is 17.6 Å². The maximum Gasteiger partial charge on any atom is 0.430 e. The molecule has 0 aromatic carbocycles. The Kier molecular flexibility index (Phi) is 6.82. The number of sulfone groups is 1. The number of aromatic nitrogens is 3. The maximum atomic E-state index is 14.7. The van der Waals surface area contributed by atoms with Gasteiger partial charge in [-0.15, -0.1) is 0 Å². The number of hydrogen-bond acceptors (Lipinski definition) is 7. The number of allylic oxidation sites excluding steroid dienone is 2. The first kappa shape index (κ1) is 25.3. The number of rotatable bonds is 6. The number of aliphatic imine (C=N–C) groups is 1. The van der Waals surface area contributed by atoms with Crippen LogP contribution in [0.15, 0.2) is 41.6 Å². The summed E-state index contributed by atoms with van der Waals surface area (Å²) in [5.74, 6) is -1.62. The molecule has 186 valence electrons. The van der Waals surface area contributed by atoms with Gasteiger partial charge in [-0.25, -0.2) is 22.8 Å². The third kappa shape index (κ3) is 5.26. The number of carbonyl (C=O) groups is 1. The normalized spacial score (nSPS) is 21.0. The van der Waals surface area contributed by atoms with Crippen molar-refractivity contribution < 1.29 is 32.2 Å². The Morgan fingerprint density at radius 3 is 2.71 bits per heavy atom. The van der Waals surface area contributed by atoms with E-state index < -0.39 is 44.7 Å². The lowest BCUT2D eigenvalue weighted by atomic mass is 10.0. The number of carbonyl (C=O) groups excluding carboxylic acids is 1. The van der Waals surface area contributed by atoms with E-state index in [9.17, 15) is 30.8 Å². The minimum Gasteiger partial charge on any atom is -0.395 e. The Labute approximate surface area is 194 Å². The van der Waals surface area contributed by atoms with Gasteiger partial charge in [-0.05, 0) is 32.8 Å². The average molecular weight is 505 g/mol. The third-order valence-electron chi connectivity index (χ3n) is 5.39. The molecule has 1 unspecified atom stereocenters. The van der Waals surface area contributed by atoms with Gasteiger partial charge in [0.1, 0.15) is 23.3 Å². The average Bonchev–Trinajstić information content (AvgIpc) is 3.31. The summed E-state index contributed by atoms with van der Waals surface area (Å²) >= 11 is 0. The van der Waals surface area contributed by atoms with E-state index in [1.54, 1.807) is 6.92 Å². The molecule has 9 nitrogen and oxygen atoms in total. The monoisotopic (exact) mass is 504 g/mol. The van der Waals surface area contributed by atoms with Gasteiger partial charge in [-0.1, -0.05) is 0 Å². The molecule has 0 radical (unpaired) electrons. The number of imidazole rings is 1. The molecule has 3 rings (SSSR count). The fourth-order valence-electron chi connectivity index (χ4n) is 3.42. The van der Waals surface area contributed by atoms with E-state index in [0.717, 1.165) is 6.07 Å². The summed E-state index contributed by atoms with van der Waals surface area (Å²) in [4.78, 5) is 23.8. The van der Waals surface area contributed by atoms with Crippen molar-refractivity contribution in [3.05, 3.63) is 48.1 Å². The molecule has 1 aliphatic heterocycles. The van der Waals surface area contributed by atoms with Crippen LogP contribution >= 0.6 is 0 Å². The van der Waals surface area contributed by atoms with Crippen molar-refractivity contribution in [2.45, 2.75) is 37.6 Å². The first-order chi connectivity index (χ1) is 15.7. The highest BCUT2D eigenvalue weighted by Crippen LogP contribution is 2.40. The van der Waals surface area contributed by atoms with Crippen LogP contribution in [0.25, 0.3) is 5.82 Å². The Balaban J connectivity index is 0.00000432. The number of nitrogens with one attached hydrogen (secondary N) is 1. The Bertz CT molecular complexity index is 1280. The van der Waals surface area contributed by atoms with E-state index in [-0.39, 0.29) is 30.1 Å². The molecular weight excluding hydrogens is 480 g/mol. The van der Waals surface area contributed by atoms with E-state index >= 15 is 0 Å². The molecule has 1 aliphatic rings. The van der Waals surface area contributed by atoms with Crippen LogP contribution in [-0.2, 0) is 19.4 Å². The maximum absolute atomic E-state index is 14.7. The quantitative estimate of drug-likeness (QED) is 0.459. The molecule has 0 aliphatic carbocycles. The van der Waals surface area contributed by atoms with Crippen LogP contribution < -0.4 is 11.1 Å². The van der Waals surface area contributed by atoms with Crippen LogP contribution in [0.4, 0.5) is 23.2 Å². The van der Waals surface area contributed by atoms with Crippen LogP contribution in [0.1, 0.15) is 33.8 Å². The zero-order valence-corrected chi connectivity index (χ0v) is 19.0. The molecule has 1 fully saturated rings. The largest absolute Gasteiger partial charge is 0.430 e. The number of amides is 1. The number of halogens is 4. The lowest BCUT2D eigenvalue weighted by Crippen LogP contribution is -2.28. The van der Waals surface area contributed by atoms with Gasteiger partial charge in [0.05, 0.1) is 23.3 Å². The number of anilines is 1. The Hall–Kier alpha value is -3.29. The molecule has 1 atom stereocenters. The minimum atomic E-state index is -4.71. The summed E-state index contributed by atoms with van der Waals surface area (Å²) in [6.07, 6.45) is 0.654. The fraction of sp³-hybridized carbons (Fsp3) is 0.400. The second kappa shape index (κ2) is 9.16. The van der Waals surface area contributed by atoms with Crippen LogP contribution in [0.3, 0.4) is 0 Å². The zero-order chi connectivity index (χ0) is 25.3. The second-order valence-electron chi connectivity index (χ2n) is 7.95. The first-order valence-corrected chi connectivity index (χ1v) is 11.7. The minimum absolute atomic E-state index is 0. The molecule has 2 aromatic rings. The Morgan fingerprint density at radius 1 is 1.41 bits per heavy atom. The highest BCUT2D eigenvalue weighted by Gasteiger charge is 2.46. The highest BCUT2D eigenvalue weighted by molar-refractivity contribution is 7.92. The van der Waals surface area contributed by atoms with E-state index in [1.165, 1.54) is 30.2 Å². The summed E-state index contributed by atoms with van der Waals surface area (Å²) in [5, 5.41) is 2.34. The van der Waals surface area contributed by atoms with Crippen LogP contribution in [0, 0.1) is 5.82 Å². The summed E-state index contributed by atoms with van der Waals surface area (Å²) in [7, 11) is -3.38. The Morgan fingerprint density at radius 2 is 2.12 bits per heavy atom. The topological polar surface area (TPSA) is 132 Å². The van der Waals surface area contributed by atoms with Gasteiger partial charge in [-0.3, -0.25) is 14.4 Å². The standard InChI is InChI=1S/C20H22F4N6O3S.H2/c1-12(6-15(25)20(22,23)24)26-9-17(31)29-13-7-14(21)18(27-8-13)30-10-16(28-11-30)19(2)4-3-5-34(19,32)33;/h6-8,10-11H,3-5,9,25H2,1-2H3,(H,29,31);1H/b15-6-,26-12?;. The van der Waals surface area contributed by atoms with Crippen molar-refractivity contribution in [3.8, 4) is 5.82 Å². The number of nitrogens with two attached hydrogens (primary N) is 1. The lowest BCUT2D eigenvalue weighted by molar-refractivity contribution is -0.114. The molecule has 2 aromatic heterocycles. The van der Waals surface area contributed by atoms with E-state index in [2.05, 4.69) is 20.3 Å². The van der Waals surface area contributed by atoms with Gasteiger partial charge in [0.15, 0.2) is 21.5 Å². The smallest absolute Gasteiger partial charge is 0.395 e. The predicted octanol–water partition coefficient (Wildman–Crippen LogP) is 2.88. The highest BCUT2D eigenvalue weighted by atomic mass is 32.2. The molecule has 34 heavy (non-hydrogen) atoms. The van der Waals surface area contributed by atoms with Gasteiger partial charge in [0.25, 0.3) is 0 Å². The summed E-state index contributed by atoms with van der Waals surface area (Å²) in [5.41, 5.74) is 3.71. The lowest BCUT2D eigenvalue weighted by Gasteiger charge is -2.19. The van der Waals surface area contributed by atoms with Gasteiger partial charge < -0.3 is 11.1 Å². The molecule has 0 saturated carbocycles. The third-order valence-corrected chi connectivity index (χ3v) is 8.00. The van der Waals surface area contributed by atoms with Gasteiger partial charge >= 0.3 is 6.18 Å². The summed E-state index contributed by atoms with van der Waals surface area (Å²) < 4.78 is 76.8. The number of alkyl halides is 3. The number of nitrogens with zero attached hydrogens (tertiary/aromatic N) is 4. The molecule has 1 amide bonds.